The highest BCUT2D eigenvalue weighted by Crippen LogP contribution is 2.21. The maximum Gasteiger partial charge on any atom is 0.248 e. The molecule has 1 aromatic rings. The summed E-state index contributed by atoms with van der Waals surface area (Å²) in [5, 5.41) is 0. The lowest BCUT2D eigenvalue weighted by atomic mass is 10.1. The Kier molecular flexibility index (Phi) is 2.47. The molecule has 0 aliphatic carbocycles. The van der Waals surface area contributed by atoms with Crippen LogP contribution in [-0.2, 0) is 17.9 Å². The first-order chi connectivity index (χ1) is 6.79. The van der Waals surface area contributed by atoms with E-state index in [0.29, 0.717) is 6.54 Å². The van der Waals surface area contributed by atoms with Crippen molar-refractivity contribution in [2.45, 2.75) is 13.1 Å². The number of nitrogens with two attached hydrogens (primary N) is 1. The number of amides is 1. The van der Waals surface area contributed by atoms with Gasteiger partial charge in [0, 0.05) is 13.1 Å². The molecule has 4 nitrogen and oxygen atoms in total. The van der Waals surface area contributed by atoms with Crippen molar-refractivity contribution in [3.8, 4) is 0 Å². The minimum atomic E-state index is -0.141. The molecule has 1 aliphatic heterocycles. The maximum atomic E-state index is 11.0. The summed E-state index contributed by atoms with van der Waals surface area (Å²) < 4.78 is 0. The highest BCUT2D eigenvalue weighted by Gasteiger charge is 2.19. The van der Waals surface area contributed by atoms with Gasteiger partial charge in [0.2, 0.25) is 5.91 Å². The van der Waals surface area contributed by atoms with E-state index in [9.17, 15) is 4.79 Å². The Balaban J connectivity index is 2.01. The maximum absolute atomic E-state index is 11.0. The van der Waals surface area contributed by atoms with Crippen molar-refractivity contribution in [1.82, 2.24) is 10.3 Å². The van der Waals surface area contributed by atoms with E-state index in [2.05, 4.69) is 22.5 Å². The van der Waals surface area contributed by atoms with E-state index in [0.717, 1.165) is 13.1 Å². The van der Waals surface area contributed by atoms with Gasteiger partial charge < -0.3 is 0 Å². The molecule has 4 heteroatoms. The van der Waals surface area contributed by atoms with Crippen LogP contribution in [0.4, 0.5) is 0 Å². The van der Waals surface area contributed by atoms with Gasteiger partial charge in [-0.3, -0.25) is 15.1 Å². The second kappa shape index (κ2) is 3.77. The zero-order valence-corrected chi connectivity index (χ0v) is 7.86. The number of hydrazine groups is 1. The van der Waals surface area contributed by atoms with E-state index >= 15 is 0 Å². The van der Waals surface area contributed by atoms with Gasteiger partial charge in [-0.1, -0.05) is 24.3 Å². The van der Waals surface area contributed by atoms with Crippen LogP contribution in [0.2, 0.25) is 0 Å². The Hall–Kier alpha value is -1.39. The molecule has 0 bridgehead atoms. The lowest BCUT2D eigenvalue weighted by Gasteiger charge is -2.12. The van der Waals surface area contributed by atoms with Crippen molar-refractivity contribution < 1.29 is 4.79 Å². The van der Waals surface area contributed by atoms with Crippen LogP contribution < -0.4 is 11.3 Å². The first-order valence-corrected chi connectivity index (χ1v) is 4.58. The third-order valence-corrected chi connectivity index (χ3v) is 2.43. The van der Waals surface area contributed by atoms with E-state index in [-0.39, 0.29) is 5.91 Å². The minimum absolute atomic E-state index is 0.141. The Bertz CT molecular complexity index is 326. The van der Waals surface area contributed by atoms with Crippen LogP contribution >= 0.6 is 0 Å². The Morgan fingerprint density at radius 3 is 2.43 bits per heavy atom. The molecular formula is C10H13N3O. The van der Waals surface area contributed by atoms with Crippen LogP contribution in [0.5, 0.6) is 0 Å². The van der Waals surface area contributed by atoms with Crippen molar-refractivity contribution in [1.29, 1.82) is 0 Å². The summed E-state index contributed by atoms with van der Waals surface area (Å²) >= 11 is 0. The number of hydrogen-bond acceptors (Lipinski definition) is 3. The molecule has 0 spiro atoms. The van der Waals surface area contributed by atoms with Crippen molar-refractivity contribution in [3.05, 3.63) is 35.4 Å². The summed E-state index contributed by atoms with van der Waals surface area (Å²) in [5.74, 6) is 4.89. The number of nitrogens with one attached hydrogen (secondary N) is 1. The molecule has 1 heterocycles. The summed E-state index contributed by atoms with van der Waals surface area (Å²) in [6, 6.07) is 8.22. The van der Waals surface area contributed by atoms with Crippen molar-refractivity contribution >= 4 is 5.91 Å². The number of carbonyl (C=O) groups excluding carboxylic acids is 1. The molecule has 0 unspecified atom stereocenters. The van der Waals surface area contributed by atoms with Gasteiger partial charge in [-0.25, -0.2) is 5.84 Å². The summed E-state index contributed by atoms with van der Waals surface area (Å²) in [6.07, 6.45) is 0. The number of nitrogens with zero attached hydrogens (tertiary/aromatic N) is 1. The fraction of sp³-hybridized carbons (Fsp3) is 0.300. The highest BCUT2D eigenvalue weighted by molar-refractivity contribution is 5.77. The predicted molar refractivity (Wildman–Crippen MR) is 52.9 cm³/mol. The number of rotatable bonds is 2. The molecule has 3 N–H and O–H groups in total. The van der Waals surface area contributed by atoms with E-state index in [4.69, 9.17) is 5.84 Å². The molecule has 0 atom stereocenters. The van der Waals surface area contributed by atoms with E-state index in [1.165, 1.54) is 11.1 Å². The van der Waals surface area contributed by atoms with Gasteiger partial charge in [-0.05, 0) is 11.1 Å². The number of benzene rings is 1. The Labute approximate surface area is 82.7 Å². The van der Waals surface area contributed by atoms with Gasteiger partial charge in [0.05, 0.1) is 6.54 Å². The molecule has 1 aromatic carbocycles. The molecule has 1 aliphatic rings. The lowest BCUT2D eigenvalue weighted by molar-refractivity contribution is -0.122. The fourth-order valence-corrected chi connectivity index (χ4v) is 1.76. The first-order valence-electron chi connectivity index (χ1n) is 4.58. The smallest absolute Gasteiger partial charge is 0.248 e. The van der Waals surface area contributed by atoms with Gasteiger partial charge in [0.1, 0.15) is 0 Å². The molecule has 0 fully saturated rings. The summed E-state index contributed by atoms with van der Waals surface area (Å²) in [6.45, 7) is 2.04. The summed E-state index contributed by atoms with van der Waals surface area (Å²) in [7, 11) is 0. The molecule has 0 radical (unpaired) electrons. The first kappa shape index (κ1) is 9.18. The third kappa shape index (κ3) is 1.76. The molecule has 1 amide bonds. The summed E-state index contributed by atoms with van der Waals surface area (Å²) in [5.41, 5.74) is 4.74. The number of carbonyl (C=O) groups is 1. The number of hydrogen-bond donors (Lipinski definition) is 2. The van der Waals surface area contributed by atoms with Crippen LogP contribution in [0.25, 0.3) is 0 Å². The van der Waals surface area contributed by atoms with Crippen LogP contribution in [0.1, 0.15) is 11.1 Å². The standard InChI is InChI=1S/C10H13N3O/c11-12-10(14)7-13-5-8-3-1-2-4-9(8)6-13/h1-4H,5-7,11H2,(H,12,14). The molecule has 0 saturated heterocycles. The third-order valence-electron chi connectivity index (χ3n) is 2.43. The van der Waals surface area contributed by atoms with Crippen molar-refractivity contribution in [2.24, 2.45) is 5.84 Å². The molecule has 0 saturated carbocycles. The van der Waals surface area contributed by atoms with Gasteiger partial charge in [-0.15, -0.1) is 0 Å². The van der Waals surface area contributed by atoms with E-state index in [1.54, 1.807) is 0 Å². The van der Waals surface area contributed by atoms with Gasteiger partial charge in [0.25, 0.3) is 0 Å². The quantitative estimate of drug-likeness (QED) is 0.393. The molecular weight excluding hydrogens is 178 g/mol. The molecule has 14 heavy (non-hydrogen) atoms. The van der Waals surface area contributed by atoms with Crippen LogP contribution in [0, 0.1) is 0 Å². The highest BCUT2D eigenvalue weighted by atomic mass is 16.2. The zero-order chi connectivity index (χ0) is 9.97. The minimum Gasteiger partial charge on any atom is -0.293 e. The van der Waals surface area contributed by atoms with Gasteiger partial charge >= 0.3 is 0 Å². The largest absolute Gasteiger partial charge is 0.293 e. The van der Waals surface area contributed by atoms with Gasteiger partial charge in [-0.2, -0.15) is 0 Å². The normalized spacial score (nSPS) is 15.2. The van der Waals surface area contributed by atoms with E-state index < -0.39 is 0 Å². The van der Waals surface area contributed by atoms with Crippen LogP contribution in [0.15, 0.2) is 24.3 Å². The van der Waals surface area contributed by atoms with Crippen molar-refractivity contribution in [2.75, 3.05) is 6.54 Å². The average molecular weight is 191 g/mol. The predicted octanol–water partition coefficient (Wildman–Crippen LogP) is -0.00790. The number of fused-ring (bicyclic) bond motifs is 1. The van der Waals surface area contributed by atoms with E-state index in [1.807, 2.05) is 12.1 Å². The Morgan fingerprint density at radius 1 is 1.36 bits per heavy atom. The van der Waals surface area contributed by atoms with Crippen LogP contribution in [0.3, 0.4) is 0 Å². The average Bonchev–Trinajstić information content (AvgIpc) is 2.59. The van der Waals surface area contributed by atoms with Gasteiger partial charge in [0.15, 0.2) is 0 Å². The fourth-order valence-electron chi connectivity index (χ4n) is 1.76. The second-order valence-corrected chi connectivity index (χ2v) is 3.48. The SMILES string of the molecule is NNC(=O)CN1Cc2ccccc2C1. The van der Waals surface area contributed by atoms with Crippen LogP contribution in [-0.4, -0.2) is 17.4 Å². The molecule has 0 aromatic heterocycles. The second-order valence-electron chi connectivity index (χ2n) is 3.48. The topological polar surface area (TPSA) is 58.4 Å². The summed E-state index contributed by atoms with van der Waals surface area (Å²) in [4.78, 5) is 13.1. The molecule has 74 valence electrons. The molecule has 2 rings (SSSR count). The zero-order valence-electron chi connectivity index (χ0n) is 7.86. The monoisotopic (exact) mass is 191 g/mol. The van der Waals surface area contributed by atoms with Crippen molar-refractivity contribution in [3.63, 3.8) is 0 Å². The Morgan fingerprint density at radius 2 is 1.93 bits per heavy atom. The lowest BCUT2D eigenvalue weighted by Crippen LogP contribution is -2.38.